The van der Waals surface area contributed by atoms with E-state index in [-0.39, 0.29) is 16.6 Å². The SMILES string of the molecule is CCCCN(CC(F)(F)F)C(=O)c1ccc(Br)c(F)c1. The maximum absolute atomic E-state index is 13.4. The van der Waals surface area contributed by atoms with Gasteiger partial charge < -0.3 is 4.90 Å². The molecule has 0 radical (unpaired) electrons. The number of hydrogen-bond acceptors (Lipinski definition) is 1. The van der Waals surface area contributed by atoms with E-state index in [4.69, 9.17) is 0 Å². The zero-order chi connectivity index (χ0) is 15.3. The van der Waals surface area contributed by atoms with Crippen LogP contribution < -0.4 is 0 Å². The Morgan fingerprint density at radius 1 is 1.35 bits per heavy atom. The van der Waals surface area contributed by atoms with E-state index in [1.807, 2.05) is 6.92 Å². The van der Waals surface area contributed by atoms with Gasteiger partial charge in [-0.2, -0.15) is 13.2 Å². The second-order valence-electron chi connectivity index (χ2n) is 4.32. The number of rotatable bonds is 5. The third-order valence-electron chi connectivity index (χ3n) is 2.61. The molecular weight excluding hydrogens is 342 g/mol. The molecule has 0 aliphatic carbocycles. The number of unbranched alkanes of at least 4 members (excludes halogenated alkanes) is 1. The summed E-state index contributed by atoms with van der Waals surface area (Å²) < 4.78 is 50.9. The molecule has 0 saturated heterocycles. The summed E-state index contributed by atoms with van der Waals surface area (Å²) in [6.45, 7) is 0.478. The maximum atomic E-state index is 13.4. The number of alkyl halides is 3. The Hall–Kier alpha value is -1.11. The van der Waals surface area contributed by atoms with E-state index in [1.165, 1.54) is 12.1 Å². The highest BCUT2D eigenvalue weighted by molar-refractivity contribution is 9.10. The van der Waals surface area contributed by atoms with Crippen molar-refractivity contribution in [2.45, 2.75) is 25.9 Å². The summed E-state index contributed by atoms with van der Waals surface area (Å²) in [5, 5.41) is 0. The number of carbonyl (C=O) groups is 1. The molecule has 0 aliphatic rings. The summed E-state index contributed by atoms with van der Waals surface area (Å²) in [6.07, 6.45) is -3.35. The van der Waals surface area contributed by atoms with E-state index in [0.717, 1.165) is 6.07 Å². The fourth-order valence-electron chi connectivity index (χ4n) is 1.63. The average Bonchev–Trinajstić information content (AvgIpc) is 2.35. The van der Waals surface area contributed by atoms with Crippen LogP contribution in [0.3, 0.4) is 0 Å². The standard InChI is InChI=1S/C13H14BrF4NO/c1-2-3-6-19(8-13(16,17)18)12(20)9-4-5-10(14)11(15)7-9/h4-5,7H,2-3,6,8H2,1H3. The molecule has 1 amide bonds. The van der Waals surface area contributed by atoms with Crippen LogP contribution in [0.5, 0.6) is 0 Å². The van der Waals surface area contributed by atoms with Crippen LogP contribution in [0.2, 0.25) is 0 Å². The Balaban J connectivity index is 2.93. The van der Waals surface area contributed by atoms with Gasteiger partial charge in [0, 0.05) is 12.1 Å². The first-order valence-electron chi connectivity index (χ1n) is 6.05. The highest BCUT2D eigenvalue weighted by atomic mass is 79.9. The number of benzene rings is 1. The number of nitrogens with zero attached hydrogens (tertiary/aromatic N) is 1. The predicted octanol–water partition coefficient (Wildman–Crippen LogP) is 4.39. The van der Waals surface area contributed by atoms with Gasteiger partial charge in [-0.25, -0.2) is 4.39 Å². The summed E-state index contributed by atoms with van der Waals surface area (Å²) in [6, 6.07) is 3.53. The summed E-state index contributed by atoms with van der Waals surface area (Å²) in [5.41, 5.74) is -0.0916. The molecule has 0 spiro atoms. The van der Waals surface area contributed by atoms with Gasteiger partial charge in [0.25, 0.3) is 5.91 Å². The Bertz CT molecular complexity index is 476. The molecule has 0 aliphatic heterocycles. The first-order valence-corrected chi connectivity index (χ1v) is 6.85. The minimum absolute atomic E-state index is 0.00741. The fraction of sp³-hybridized carbons (Fsp3) is 0.462. The van der Waals surface area contributed by atoms with E-state index in [1.54, 1.807) is 0 Å². The molecular formula is C13H14BrF4NO. The molecule has 112 valence electrons. The molecule has 0 aromatic heterocycles. The largest absolute Gasteiger partial charge is 0.406 e. The van der Waals surface area contributed by atoms with Gasteiger partial charge in [-0.15, -0.1) is 0 Å². The fourth-order valence-corrected chi connectivity index (χ4v) is 1.88. The zero-order valence-corrected chi connectivity index (χ0v) is 12.4. The minimum atomic E-state index is -4.47. The van der Waals surface area contributed by atoms with E-state index < -0.39 is 24.4 Å². The van der Waals surface area contributed by atoms with Gasteiger partial charge in [0.15, 0.2) is 0 Å². The molecule has 0 saturated carbocycles. The van der Waals surface area contributed by atoms with Gasteiger partial charge in [0.05, 0.1) is 4.47 Å². The summed E-state index contributed by atoms with van der Waals surface area (Å²) in [7, 11) is 0. The van der Waals surface area contributed by atoms with Crippen LogP contribution in [0.25, 0.3) is 0 Å². The quantitative estimate of drug-likeness (QED) is 0.717. The molecule has 0 unspecified atom stereocenters. The van der Waals surface area contributed by atoms with E-state index in [2.05, 4.69) is 15.9 Å². The molecule has 0 heterocycles. The Morgan fingerprint density at radius 2 is 2.00 bits per heavy atom. The highest BCUT2D eigenvalue weighted by Crippen LogP contribution is 2.21. The molecule has 20 heavy (non-hydrogen) atoms. The first kappa shape index (κ1) is 16.9. The number of hydrogen-bond donors (Lipinski definition) is 0. The van der Waals surface area contributed by atoms with Crippen molar-refractivity contribution in [1.29, 1.82) is 0 Å². The lowest BCUT2D eigenvalue weighted by atomic mass is 10.2. The molecule has 1 aromatic rings. The molecule has 0 atom stereocenters. The second-order valence-corrected chi connectivity index (χ2v) is 5.18. The normalized spacial score (nSPS) is 11.5. The van der Waals surface area contributed by atoms with Gasteiger partial charge >= 0.3 is 6.18 Å². The Morgan fingerprint density at radius 3 is 2.50 bits per heavy atom. The lowest BCUT2D eigenvalue weighted by Gasteiger charge is -2.24. The van der Waals surface area contributed by atoms with Crippen molar-refractivity contribution in [3.8, 4) is 0 Å². The third kappa shape index (κ3) is 5.11. The topological polar surface area (TPSA) is 20.3 Å². The average molecular weight is 356 g/mol. The van der Waals surface area contributed by atoms with Crippen molar-refractivity contribution >= 4 is 21.8 Å². The van der Waals surface area contributed by atoms with Crippen LogP contribution in [-0.4, -0.2) is 30.1 Å². The number of halogens is 5. The van der Waals surface area contributed by atoms with Crippen molar-refractivity contribution in [3.05, 3.63) is 34.1 Å². The number of carbonyl (C=O) groups excluding carboxylic acids is 1. The molecule has 7 heteroatoms. The van der Waals surface area contributed by atoms with Crippen molar-refractivity contribution < 1.29 is 22.4 Å². The van der Waals surface area contributed by atoms with Crippen molar-refractivity contribution in [2.24, 2.45) is 0 Å². The van der Waals surface area contributed by atoms with Crippen molar-refractivity contribution in [3.63, 3.8) is 0 Å². The minimum Gasteiger partial charge on any atom is -0.330 e. The molecule has 2 nitrogen and oxygen atoms in total. The van der Waals surface area contributed by atoms with Crippen LogP contribution in [0.4, 0.5) is 17.6 Å². The van der Waals surface area contributed by atoms with Crippen molar-refractivity contribution in [1.82, 2.24) is 4.90 Å². The molecule has 0 N–H and O–H groups in total. The summed E-state index contributed by atoms with van der Waals surface area (Å²) >= 11 is 2.93. The molecule has 1 aromatic carbocycles. The van der Waals surface area contributed by atoms with Crippen LogP contribution >= 0.6 is 15.9 Å². The van der Waals surface area contributed by atoms with Crippen LogP contribution in [0.1, 0.15) is 30.1 Å². The maximum Gasteiger partial charge on any atom is 0.406 e. The Kier molecular flexibility index (Phi) is 5.98. The lowest BCUT2D eigenvalue weighted by Crippen LogP contribution is -2.39. The number of amides is 1. The van der Waals surface area contributed by atoms with Crippen LogP contribution in [0, 0.1) is 5.82 Å². The van der Waals surface area contributed by atoms with Gasteiger partial charge in [0.2, 0.25) is 0 Å². The smallest absolute Gasteiger partial charge is 0.330 e. The van der Waals surface area contributed by atoms with Gasteiger partial charge in [-0.05, 0) is 40.5 Å². The monoisotopic (exact) mass is 355 g/mol. The van der Waals surface area contributed by atoms with Crippen LogP contribution in [0.15, 0.2) is 22.7 Å². The van der Waals surface area contributed by atoms with Crippen molar-refractivity contribution in [2.75, 3.05) is 13.1 Å². The van der Waals surface area contributed by atoms with Gasteiger partial charge in [-0.3, -0.25) is 4.79 Å². The second kappa shape index (κ2) is 7.06. The summed E-state index contributed by atoms with van der Waals surface area (Å²) in [4.78, 5) is 12.7. The summed E-state index contributed by atoms with van der Waals surface area (Å²) in [5.74, 6) is -1.50. The first-order chi connectivity index (χ1) is 9.24. The van der Waals surface area contributed by atoms with Crippen LogP contribution in [-0.2, 0) is 0 Å². The van der Waals surface area contributed by atoms with Gasteiger partial charge in [-0.1, -0.05) is 13.3 Å². The molecule has 0 bridgehead atoms. The van der Waals surface area contributed by atoms with Gasteiger partial charge in [0.1, 0.15) is 12.4 Å². The Labute approximate surface area is 122 Å². The van der Waals surface area contributed by atoms with E-state index in [0.29, 0.717) is 17.7 Å². The highest BCUT2D eigenvalue weighted by Gasteiger charge is 2.33. The van der Waals surface area contributed by atoms with E-state index in [9.17, 15) is 22.4 Å². The molecule has 1 rings (SSSR count). The molecule has 0 fully saturated rings. The van der Waals surface area contributed by atoms with E-state index >= 15 is 0 Å². The predicted molar refractivity (Wildman–Crippen MR) is 71.0 cm³/mol. The lowest BCUT2D eigenvalue weighted by molar-refractivity contribution is -0.140. The zero-order valence-electron chi connectivity index (χ0n) is 10.8. The third-order valence-corrected chi connectivity index (χ3v) is 3.25.